The summed E-state index contributed by atoms with van der Waals surface area (Å²) in [5, 5.41) is 0. The van der Waals surface area contributed by atoms with E-state index in [0.717, 1.165) is 3.57 Å². The van der Waals surface area contributed by atoms with E-state index in [9.17, 15) is 13.6 Å². The molecule has 4 heteroatoms. The van der Waals surface area contributed by atoms with Crippen molar-refractivity contribution < 1.29 is 13.6 Å². The Hall–Kier alpha value is -0.520. The highest BCUT2D eigenvalue weighted by molar-refractivity contribution is 14.1. The van der Waals surface area contributed by atoms with Crippen LogP contribution < -0.4 is 0 Å². The van der Waals surface area contributed by atoms with Crippen LogP contribution in [0.15, 0.2) is 24.3 Å². The Kier molecular flexibility index (Phi) is 3.00. The summed E-state index contributed by atoms with van der Waals surface area (Å²) in [5.41, 5.74) is 0.0490. The van der Waals surface area contributed by atoms with Crippen LogP contribution in [0.4, 0.5) is 8.78 Å². The molecule has 0 aliphatic heterocycles. The van der Waals surface area contributed by atoms with Gasteiger partial charge in [-0.1, -0.05) is 12.1 Å². The second-order valence-electron chi connectivity index (χ2n) is 2.72. The minimum Gasteiger partial charge on any atom is -0.287 e. The van der Waals surface area contributed by atoms with Crippen molar-refractivity contribution in [3.63, 3.8) is 0 Å². The fourth-order valence-electron chi connectivity index (χ4n) is 0.855. The second-order valence-corrected chi connectivity index (χ2v) is 3.97. The standard InChI is InChI=1S/C9H7F2IO/c1-9(10,11)8(13)6-2-4-7(12)5-3-6/h2-5H,1H3. The summed E-state index contributed by atoms with van der Waals surface area (Å²) in [6.07, 6.45) is 0. The van der Waals surface area contributed by atoms with Gasteiger partial charge in [0.25, 0.3) is 0 Å². The van der Waals surface area contributed by atoms with Crippen molar-refractivity contribution >= 4 is 28.4 Å². The molecule has 0 heterocycles. The molecule has 1 aromatic carbocycles. The zero-order chi connectivity index (χ0) is 10.1. The maximum absolute atomic E-state index is 12.6. The smallest absolute Gasteiger partial charge is 0.287 e. The van der Waals surface area contributed by atoms with Gasteiger partial charge in [0, 0.05) is 16.1 Å². The highest BCUT2D eigenvalue weighted by Crippen LogP contribution is 2.19. The van der Waals surface area contributed by atoms with E-state index in [2.05, 4.69) is 0 Å². The molecule has 0 unspecified atom stereocenters. The number of carbonyl (C=O) groups excluding carboxylic acids is 1. The number of hydrogen-bond donors (Lipinski definition) is 0. The first-order valence-electron chi connectivity index (χ1n) is 3.59. The first kappa shape index (κ1) is 10.6. The summed E-state index contributed by atoms with van der Waals surface area (Å²) in [6, 6.07) is 6.06. The van der Waals surface area contributed by atoms with Crippen LogP contribution in [0.2, 0.25) is 0 Å². The maximum atomic E-state index is 12.6. The monoisotopic (exact) mass is 296 g/mol. The zero-order valence-corrected chi connectivity index (χ0v) is 9.01. The molecule has 0 spiro atoms. The Labute approximate surface area is 88.3 Å². The molecule has 70 valence electrons. The second kappa shape index (κ2) is 3.69. The summed E-state index contributed by atoms with van der Waals surface area (Å²) in [5.74, 6) is -4.42. The topological polar surface area (TPSA) is 17.1 Å². The summed E-state index contributed by atoms with van der Waals surface area (Å²) in [7, 11) is 0. The molecule has 0 aromatic heterocycles. The number of hydrogen-bond acceptors (Lipinski definition) is 1. The first-order valence-corrected chi connectivity index (χ1v) is 4.67. The van der Waals surface area contributed by atoms with Gasteiger partial charge in [0.2, 0.25) is 5.78 Å². The minimum absolute atomic E-state index is 0.0490. The summed E-state index contributed by atoms with van der Waals surface area (Å²) < 4.78 is 26.0. The number of alkyl halides is 2. The van der Waals surface area contributed by atoms with Crippen LogP contribution in [0.25, 0.3) is 0 Å². The normalized spacial score (nSPS) is 11.4. The lowest BCUT2D eigenvalue weighted by Crippen LogP contribution is -2.24. The number of rotatable bonds is 2. The Bertz CT molecular complexity index is 313. The molecular formula is C9H7F2IO. The molecule has 0 amide bonds. The summed E-state index contributed by atoms with van der Waals surface area (Å²) in [6.45, 7) is 0.604. The molecule has 13 heavy (non-hydrogen) atoms. The van der Waals surface area contributed by atoms with Crippen LogP contribution in [0.5, 0.6) is 0 Å². The number of benzene rings is 1. The third-order valence-corrected chi connectivity index (χ3v) is 2.22. The largest absolute Gasteiger partial charge is 0.307 e. The number of ketones is 1. The molecule has 0 atom stereocenters. The average Bonchev–Trinajstić information content (AvgIpc) is 2.03. The molecule has 0 fully saturated rings. The number of halogens is 3. The molecule has 0 saturated carbocycles. The molecular weight excluding hydrogens is 289 g/mol. The Morgan fingerprint density at radius 3 is 2.15 bits per heavy atom. The van der Waals surface area contributed by atoms with Gasteiger partial charge in [-0.05, 0) is 34.7 Å². The number of carbonyl (C=O) groups is 1. The molecule has 1 rings (SSSR count). The predicted octanol–water partition coefficient (Wildman–Crippen LogP) is 3.13. The van der Waals surface area contributed by atoms with Crippen LogP contribution in [0, 0.1) is 3.57 Å². The molecule has 0 radical (unpaired) electrons. The predicted molar refractivity (Wildman–Crippen MR) is 54.1 cm³/mol. The van der Waals surface area contributed by atoms with E-state index >= 15 is 0 Å². The van der Waals surface area contributed by atoms with Crippen LogP contribution in [-0.2, 0) is 0 Å². The molecule has 0 bridgehead atoms. The Balaban J connectivity index is 2.97. The van der Waals surface area contributed by atoms with E-state index in [4.69, 9.17) is 0 Å². The molecule has 0 N–H and O–H groups in total. The van der Waals surface area contributed by atoms with Gasteiger partial charge in [0.05, 0.1) is 0 Å². The van der Waals surface area contributed by atoms with Crippen LogP contribution in [-0.4, -0.2) is 11.7 Å². The molecule has 1 aromatic rings. The van der Waals surface area contributed by atoms with E-state index in [1.165, 1.54) is 12.1 Å². The minimum atomic E-state index is -3.28. The maximum Gasteiger partial charge on any atom is 0.307 e. The molecule has 0 saturated heterocycles. The van der Waals surface area contributed by atoms with Crippen molar-refractivity contribution in [2.45, 2.75) is 12.8 Å². The van der Waals surface area contributed by atoms with E-state index in [1.807, 2.05) is 22.6 Å². The van der Waals surface area contributed by atoms with E-state index < -0.39 is 11.7 Å². The lowest BCUT2D eigenvalue weighted by atomic mass is 10.1. The third kappa shape index (κ3) is 2.72. The van der Waals surface area contributed by atoms with Crippen molar-refractivity contribution in [3.8, 4) is 0 Å². The average molecular weight is 296 g/mol. The summed E-state index contributed by atoms with van der Waals surface area (Å²) in [4.78, 5) is 11.0. The summed E-state index contributed by atoms with van der Waals surface area (Å²) >= 11 is 2.04. The SMILES string of the molecule is CC(F)(F)C(=O)c1ccc(I)cc1. The Morgan fingerprint density at radius 2 is 1.77 bits per heavy atom. The molecule has 1 nitrogen and oxygen atoms in total. The van der Waals surface area contributed by atoms with Gasteiger partial charge < -0.3 is 0 Å². The zero-order valence-electron chi connectivity index (χ0n) is 6.85. The Morgan fingerprint density at radius 1 is 1.31 bits per heavy atom. The molecule has 0 aliphatic carbocycles. The van der Waals surface area contributed by atoms with Gasteiger partial charge in [-0.25, -0.2) is 0 Å². The van der Waals surface area contributed by atoms with Crippen LogP contribution in [0.3, 0.4) is 0 Å². The lowest BCUT2D eigenvalue weighted by Gasteiger charge is -2.08. The van der Waals surface area contributed by atoms with Gasteiger partial charge in [-0.3, -0.25) is 4.79 Å². The highest BCUT2D eigenvalue weighted by Gasteiger charge is 2.32. The van der Waals surface area contributed by atoms with Crippen molar-refractivity contribution in [2.24, 2.45) is 0 Å². The van der Waals surface area contributed by atoms with E-state index in [0.29, 0.717) is 6.92 Å². The number of Topliss-reactive ketones (excluding diaryl/α,β-unsaturated/α-hetero) is 1. The van der Waals surface area contributed by atoms with Crippen molar-refractivity contribution in [1.82, 2.24) is 0 Å². The highest BCUT2D eigenvalue weighted by atomic mass is 127. The van der Waals surface area contributed by atoms with E-state index in [1.54, 1.807) is 12.1 Å². The lowest BCUT2D eigenvalue weighted by molar-refractivity contribution is 0.0221. The van der Waals surface area contributed by atoms with Crippen molar-refractivity contribution in [1.29, 1.82) is 0 Å². The fourth-order valence-corrected chi connectivity index (χ4v) is 1.21. The van der Waals surface area contributed by atoms with E-state index in [-0.39, 0.29) is 5.56 Å². The fraction of sp³-hybridized carbons (Fsp3) is 0.222. The van der Waals surface area contributed by atoms with Gasteiger partial charge in [-0.2, -0.15) is 8.78 Å². The van der Waals surface area contributed by atoms with Crippen LogP contribution >= 0.6 is 22.6 Å². The first-order chi connectivity index (χ1) is 5.91. The quantitative estimate of drug-likeness (QED) is 0.605. The van der Waals surface area contributed by atoms with Gasteiger partial charge in [0.1, 0.15) is 0 Å². The van der Waals surface area contributed by atoms with Gasteiger partial charge in [0.15, 0.2) is 0 Å². The van der Waals surface area contributed by atoms with Gasteiger partial charge >= 0.3 is 5.92 Å². The third-order valence-electron chi connectivity index (χ3n) is 1.51. The van der Waals surface area contributed by atoms with Crippen LogP contribution in [0.1, 0.15) is 17.3 Å². The van der Waals surface area contributed by atoms with Crippen molar-refractivity contribution in [3.05, 3.63) is 33.4 Å². The van der Waals surface area contributed by atoms with Gasteiger partial charge in [-0.15, -0.1) is 0 Å². The van der Waals surface area contributed by atoms with Crippen molar-refractivity contribution in [2.75, 3.05) is 0 Å². The molecule has 0 aliphatic rings.